The second-order valence-corrected chi connectivity index (χ2v) is 7.79. The highest BCUT2D eigenvalue weighted by molar-refractivity contribution is 7.11. The van der Waals surface area contributed by atoms with Gasteiger partial charge < -0.3 is 16.0 Å². The predicted octanol–water partition coefficient (Wildman–Crippen LogP) is 1.94. The SMILES string of the molecule is CN=C(NCCNc1ncnc2c1cnn2C)NC(C)Cc1ccc(C)s1. The molecule has 0 aliphatic carbocycles. The molecule has 9 heteroatoms. The number of nitrogens with one attached hydrogen (secondary N) is 3. The summed E-state index contributed by atoms with van der Waals surface area (Å²) in [6.07, 6.45) is 4.31. The van der Waals surface area contributed by atoms with Gasteiger partial charge in [0.1, 0.15) is 12.1 Å². The number of aromatic nitrogens is 4. The first-order valence-corrected chi connectivity index (χ1v) is 9.77. The molecule has 27 heavy (non-hydrogen) atoms. The lowest BCUT2D eigenvalue weighted by Crippen LogP contribution is -2.44. The average molecular weight is 387 g/mol. The van der Waals surface area contributed by atoms with E-state index in [0.29, 0.717) is 12.6 Å². The van der Waals surface area contributed by atoms with Crippen LogP contribution in [0.1, 0.15) is 16.7 Å². The molecular weight excluding hydrogens is 360 g/mol. The Morgan fingerprint density at radius 2 is 2.15 bits per heavy atom. The van der Waals surface area contributed by atoms with Gasteiger partial charge in [-0.3, -0.25) is 9.67 Å². The summed E-state index contributed by atoms with van der Waals surface area (Å²) in [5.74, 6) is 1.59. The van der Waals surface area contributed by atoms with E-state index in [-0.39, 0.29) is 0 Å². The Balaban J connectivity index is 1.45. The van der Waals surface area contributed by atoms with Crippen LogP contribution in [-0.2, 0) is 13.5 Å². The summed E-state index contributed by atoms with van der Waals surface area (Å²) >= 11 is 1.84. The standard InChI is InChI=1S/C18H26N8S/c1-12(9-14-6-5-13(2)27-14)25-18(19-3)21-8-7-20-16-15-10-24-26(4)17(15)23-11-22-16/h5-6,10-12H,7-9H2,1-4H3,(H2,19,21,25)(H,20,22,23). The number of anilines is 1. The minimum Gasteiger partial charge on any atom is -0.368 e. The molecule has 144 valence electrons. The van der Waals surface area contributed by atoms with Crippen molar-refractivity contribution in [2.24, 2.45) is 12.0 Å². The van der Waals surface area contributed by atoms with Crippen molar-refractivity contribution < 1.29 is 0 Å². The molecule has 0 aromatic carbocycles. The lowest BCUT2D eigenvalue weighted by atomic mass is 10.2. The van der Waals surface area contributed by atoms with Crippen LogP contribution in [0.3, 0.4) is 0 Å². The Bertz CT molecular complexity index is 913. The number of aryl methyl sites for hydroxylation is 2. The molecule has 3 rings (SSSR count). The summed E-state index contributed by atoms with van der Waals surface area (Å²) in [6, 6.07) is 4.66. The maximum atomic E-state index is 4.31. The van der Waals surface area contributed by atoms with Crippen molar-refractivity contribution in [3.8, 4) is 0 Å². The molecule has 0 amide bonds. The van der Waals surface area contributed by atoms with Crippen LogP contribution in [0.25, 0.3) is 11.0 Å². The highest BCUT2D eigenvalue weighted by Crippen LogP contribution is 2.17. The van der Waals surface area contributed by atoms with Crippen LogP contribution in [-0.4, -0.2) is 51.9 Å². The number of thiophene rings is 1. The number of hydrogen-bond acceptors (Lipinski definition) is 6. The van der Waals surface area contributed by atoms with E-state index in [1.165, 1.54) is 9.75 Å². The fourth-order valence-electron chi connectivity index (χ4n) is 2.84. The zero-order chi connectivity index (χ0) is 19.2. The van der Waals surface area contributed by atoms with Gasteiger partial charge in [-0.15, -0.1) is 11.3 Å². The molecule has 0 saturated carbocycles. The normalized spacial score (nSPS) is 13.0. The average Bonchev–Trinajstić information content (AvgIpc) is 3.23. The van der Waals surface area contributed by atoms with E-state index in [0.717, 1.165) is 35.8 Å². The summed E-state index contributed by atoms with van der Waals surface area (Å²) in [7, 11) is 3.66. The maximum absolute atomic E-state index is 4.31. The van der Waals surface area contributed by atoms with Crippen LogP contribution < -0.4 is 16.0 Å². The molecule has 0 radical (unpaired) electrons. The fourth-order valence-corrected chi connectivity index (χ4v) is 3.86. The van der Waals surface area contributed by atoms with Crippen molar-refractivity contribution in [1.82, 2.24) is 30.4 Å². The Hall–Kier alpha value is -2.68. The van der Waals surface area contributed by atoms with Crippen molar-refractivity contribution >= 4 is 34.1 Å². The molecule has 0 spiro atoms. The monoisotopic (exact) mass is 386 g/mol. The van der Waals surface area contributed by atoms with Crippen LogP contribution in [0.5, 0.6) is 0 Å². The van der Waals surface area contributed by atoms with Gasteiger partial charge in [-0.25, -0.2) is 9.97 Å². The molecule has 3 aromatic heterocycles. The summed E-state index contributed by atoms with van der Waals surface area (Å²) in [5, 5.41) is 15.2. The molecule has 0 aliphatic heterocycles. The predicted molar refractivity (Wildman–Crippen MR) is 112 cm³/mol. The van der Waals surface area contributed by atoms with Gasteiger partial charge in [0.2, 0.25) is 0 Å². The summed E-state index contributed by atoms with van der Waals surface area (Å²) < 4.78 is 1.74. The van der Waals surface area contributed by atoms with E-state index in [1.807, 2.05) is 18.4 Å². The van der Waals surface area contributed by atoms with Crippen LogP contribution in [0, 0.1) is 6.92 Å². The smallest absolute Gasteiger partial charge is 0.191 e. The van der Waals surface area contributed by atoms with Gasteiger partial charge in [0.25, 0.3) is 0 Å². The van der Waals surface area contributed by atoms with Gasteiger partial charge in [0.05, 0.1) is 11.6 Å². The van der Waals surface area contributed by atoms with Crippen molar-refractivity contribution in [1.29, 1.82) is 0 Å². The van der Waals surface area contributed by atoms with Crippen LogP contribution in [0.2, 0.25) is 0 Å². The third-order valence-electron chi connectivity index (χ3n) is 4.15. The lowest BCUT2D eigenvalue weighted by molar-refractivity contribution is 0.646. The molecule has 3 heterocycles. The van der Waals surface area contributed by atoms with Gasteiger partial charge in [0, 0.05) is 49.4 Å². The van der Waals surface area contributed by atoms with E-state index in [9.17, 15) is 0 Å². The number of nitrogens with zero attached hydrogens (tertiary/aromatic N) is 5. The van der Waals surface area contributed by atoms with E-state index >= 15 is 0 Å². The number of guanidine groups is 1. The zero-order valence-electron chi connectivity index (χ0n) is 16.2. The Kier molecular flexibility index (Phi) is 6.23. The first-order valence-electron chi connectivity index (χ1n) is 8.96. The van der Waals surface area contributed by atoms with Crippen molar-refractivity contribution in [3.63, 3.8) is 0 Å². The van der Waals surface area contributed by atoms with Crippen molar-refractivity contribution in [3.05, 3.63) is 34.4 Å². The minimum absolute atomic E-state index is 0.305. The molecule has 1 atom stereocenters. The minimum atomic E-state index is 0.305. The number of hydrogen-bond donors (Lipinski definition) is 3. The number of fused-ring (bicyclic) bond motifs is 1. The van der Waals surface area contributed by atoms with E-state index in [2.05, 4.69) is 62.0 Å². The van der Waals surface area contributed by atoms with Gasteiger partial charge in [-0.2, -0.15) is 5.10 Å². The van der Waals surface area contributed by atoms with Crippen LogP contribution in [0.15, 0.2) is 29.6 Å². The quantitative estimate of drug-likeness (QED) is 0.327. The molecular formula is C18H26N8S. The molecule has 1 unspecified atom stereocenters. The van der Waals surface area contributed by atoms with Gasteiger partial charge >= 0.3 is 0 Å². The van der Waals surface area contributed by atoms with Crippen LogP contribution >= 0.6 is 11.3 Å². The second kappa shape index (κ2) is 8.81. The molecule has 0 aliphatic rings. The zero-order valence-corrected chi connectivity index (χ0v) is 17.0. The van der Waals surface area contributed by atoms with Crippen molar-refractivity contribution in [2.45, 2.75) is 26.3 Å². The van der Waals surface area contributed by atoms with Gasteiger partial charge in [0.15, 0.2) is 11.6 Å². The van der Waals surface area contributed by atoms with Gasteiger partial charge in [-0.1, -0.05) is 0 Å². The maximum Gasteiger partial charge on any atom is 0.191 e. The first-order chi connectivity index (χ1) is 13.1. The Morgan fingerprint density at radius 1 is 1.30 bits per heavy atom. The van der Waals surface area contributed by atoms with Crippen molar-refractivity contribution in [2.75, 3.05) is 25.5 Å². The first kappa shape index (κ1) is 19.1. The van der Waals surface area contributed by atoms with E-state index in [4.69, 9.17) is 0 Å². The summed E-state index contributed by atoms with van der Waals surface area (Å²) in [6.45, 7) is 5.73. The fraction of sp³-hybridized carbons (Fsp3) is 0.444. The highest BCUT2D eigenvalue weighted by Gasteiger charge is 2.09. The molecule has 0 fully saturated rings. The van der Waals surface area contributed by atoms with Crippen LogP contribution in [0.4, 0.5) is 5.82 Å². The molecule has 8 nitrogen and oxygen atoms in total. The molecule has 0 bridgehead atoms. The second-order valence-electron chi connectivity index (χ2n) is 6.42. The molecule has 0 saturated heterocycles. The van der Waals surface area contributed by atoms with E-state index in [1.54, 1.807) is 24.3 Å². The summed E-state index contributed by atoms with van der Waals surface area (Å²) in [4.78, 5) is 15.6. The highest BCUT2D eigenvalue weighted by atomic mass is 32.1. The number of aliphatic imine (C=N–C) groups is 1. The Morgan fingerprint density at radius 3 is 2.89 bits per heavy atom. The summed E-state index contributed by atoms with van der Waals surface area (Å²) in [5.41, 5.74) is 0.815. The number of rotatable bonds is 7. The largest absolute Gasteiger partial charge is 0.368 e. The third-order valence-corrected chi connectivity index (χ3v) is 5.17. The topological polar surface area (TPSA) is 92.1 Å². The van der Waals surface area contributed by atoms with Gasteiger partial charge in [-0.05, 0) is 26.0 Å². The lowest BCUT2D eigenvalue weighted by Gasteiger charge is -2.17. The molecule has 3 N–H and O–H groups in total. The Labute approximate surface area is 163 Å². The molecule has 3 aromatic rings. The third kappa shape index (κ3) is 4.94. The van der Waals surface area contributed by atoms with E-state index < -0.39 is 0 Å².